The summed E-state index contributed by atoms with van der Waals surface area (Å²) >= 11 is 9.66. The van der Waals surface area contributed by atoms with Gasteiger partial charge in [-0.05, 0) is 35.4 Å². The van der Waals surface area contributed by atoms with Gasteiger partial charge in [-0.2, -0.15) is 4.52 Å². The molecule has 3 rings (SSSR count). The number of aromatic nitrogens is 3. The molecular weight excluding hydrogens is 347 g/mol. The first kappa shape index (κ1) is 10.1. The van der Waals surface area contributed by atoms with Crippen molar-refractivity contribution in [3.8, 4) is 0 Å². The van der Waals surface area contributed by atoms with Crippen LogP contribution in [0, 0.1) is 3.70 Å². The number of rotatable bonds is 2. The number of hydrogen-bond donors (Lipinski definition) is 0. The maximum atomic E-state index is 5.91. The summed E-state index contributed by atoms with van der Waals surface area (Å²) < 4.78 is 2.69. The van der Waals surface area contributed by atoms with E-state index in [1.807, 2.05) is 4.52 Å². The molecule has 1 aliphatic rings. The Hall–Kier alpha value is -0.0800. The predicted molar refractivity (Wildman–Crippen MR) is 70.0 cm³/mol. The first-order valence-corrected chi connectivity index (χ1v) is 6.87. The monoisotopic (exact) mass is 354 g/mol. The summed E-state index contributed by atoms with van der Waals surface area (Å²) in [6.07, 6.45) is 2.55. The smallest absolute Gasteiger partial charge is 0.216 e. The van der Waals surface area contributed by atoms with Crippen molar-refractivity contribution in [1.29, 1.82) is 0 Å². The van der Waals surface area contributed by atoms with Crippen molar-refractivity contribution in [2.24, 2.45) is 0 Å². The van der Waals surface area contributed by atoms with Gasteiger partial charge in [-0.25, -0.2) is 4.98 Å². The molecule has 0 radical (unpaired) electrons. The third-order valence-corrected chi connectivity index (χ3v) is 5.04. The molecule has 0 spiro atoms. The van der Waals surface area contributed by atoms with Crippen LogP contribution in [-0.4, -0.2) is 27.7 Å². The lowest BCUT2D eigenvalue weighted by Gasteiger charge is -2.12. The van der Waals surface area contributed by atoms with Gasteiger partial charge in [0.25, 0.3) is 0 Å². The summed E-state index contributed by atoms with van der Waals surface area (Å²) in [5, 5.41) is 6.06. The third-order valence-electron chi connectivity index (χ3n) is 2.50. The average molecular weight is 355 g/mol. The largest absolute Gasteiger partial charge is 0.347 e. The minimum Gasteiger partial charge on any atom is -0.347 e. The van der Waals surface area contributed by atoms with Crippen molar-refractivity contribution in [1.82, 2.24) is 14.6 Å². The zero-order chi connectivity index (χ0) is 10.6. The van der Waals surface area contributed by atoms with Gasteiger partial charge in [-0.15, -0.1) is 5.10 Å². The Kier molecular flexibility index (Phi) is 2.33. The Bertz CT molecular complexity index is 518. The van der Waals surface area contributed by atoms with Gasteiger partial charge in [0.15, 0.2) is 5.15 Å². The fraction of sp³-hybridized carbons (Fsp3) is 0.500. The Balaban J connectivity index is 2.06. The molecule has 2 aromatic rings. The lowest BCUT2D eigenvalue weighted by molar-refractivity contribution is 0.858. The van der Waals surface area contributed by atoms with Gasteiger partial charge in [0.2, 0.25) is 10.1 Å². The van der Waals surface area contributed by atoms with Crippen molar-refractivity contribution in [3.05, 3.63) is 8.85 Å². The predicted octanol–water partition coefficient (Wildman–Crippen LogP) is 2.65. The maximum absolute atomic E-state index is 5.91. The molecule has 1 aliphatic carbocycles. The van der Waals surface area contributed by atoms with Crippen LogP contribution in [0.1, 0.15) is 12.8 Å². The van der Waals surface area contributed by atoms with Gasteiger partial charge in [-0.1, -0.05) is 22.9 Å². The lowest BCUT2D eigenvalue weighted by Crippen LogP contribution is -2.19. The van der Waals surface area contributed by atoms with Crippen molar-refractivity contribution >= 4 is 55.6 Å². The molecule has 4 nitrogen and oxygen atoms in total. The van der Waals surface area contributed by atoms with Gasteiger partial charge >= 0.3 is 0 Å². The fourth-order valence-electron chi connectivity index (χ4n) is 1.45. The number of hydrogen-bond acceptors (Lipinski definition) is 4. The molecule has 7 heteroatoms. The molecule has 0 bridgehead atoms. The van der Waals surface area contributed by atoms with E-state index in [1.165, 1.54) is 12.8 Å². The molecule has 0 N–H and O–H groups in total. The highest BCUT2D eigenvalue weighted by molar-refractivity contribution is 14.1. The second-order valence-corrected chi connectivity index (χ2v) is 5.93. The molecule has 0 amide bonds. The van der Waals surface area contributed by atoms with Crippen LogP contribution >= 0.6 is 45.5 Å². The summed E-state index contributed by atoms with van der Waals surface area (Å²) in [5.41, 5.74) is 0. The molecule has 1 fully saturated rings. The Morgan fingerprint density at radius 2 is 2.33 bits per heavy atom. The van der Waals surface area contributed by atoms with Gasteiger partial charge in [0.05, 0.1) is 0 Å². The van der Waals surface area contributed by atoms with Gasteiger partial charge in [-0.3, -0.25) is 0 Å². The normalized spacial score (nSPS) is 16.2. The molecule has 15 heavy (non-hydrogen) atoms. The van der Waals surface area contributed by atoms with E-state index >= 15 is 0 Å². The van der Waals surface area contributed by atoms with Crippen molar-refractivity contribution in [2.45, 2.75) is 18.9 Å². The van der Waals surface area contributed by atoms with Crippen LogP contribution in [0.3, 0.4) is 0 Å². The Morgan fingerprint density at radius 1 is 1.60 bits per heavy atom. The SMILES string of the molecule is CN(c1nn2c(I)c(Cl)nc2s1)C1CC1. The van der Waals surface area contributed by atoms with Crippen LogP contribution in [0.5, 0.6) is 0 Å². The summed E-state index contributed by atoms with van der Waals surface area (Å²) in [5.74, 6) is 0. The molecule has 0 aromatic carbocycles. The zero-order valence-electron chi connectivity index (χ0n) is 7.94. The molecular formula is C8H8ClIN4S. The van der Waals surface area contributed by atoms with Crippen LogP contribution < -0.4 is 4.90 Å². The van der Waals surface area contributed by atoms with Gasteiger partial charge in [0, 0.05) is 13.1 Å². The van der Waals surface area contributed by atoms with Crippen LogP contribution in [-0.2, 0) is 0 Å². The van der Waals surface area contributed by atoms with E-state index in [0.29, 0.717) is 11.2 Å². The maximum Gasteiger partial charge on any atom is 0.216 e. The van der Waals surface area contributed by atoms with E-state index in [9.17, 15) is 0 Å². The molecule has 0 atom stereocenters. The number of anilines is 1. The van der Waals surface area contributed by atoms with Crippen molar-refractivity contribution < 1.29 is 0 Å². The Morgan fingerprint density at radius 3 is 2.93 bits per heavy atom. The molecule has 0 saturated heterocycles. The fourth-order valence-corrected chi connectivity index (χ4v) is 3.21. The summed E-state index contributed by atoms with van der Waals surface area (Å²) in [6.45, 7) is 0. The number of imidazole rings is 1. The first-order valence-electron chi connectivity index (χ1n) is 4.60. The quantitative estimate of drug-likeness (QED) is 0.778. The standard InChI is InChI=1S/C8H8ClIN4S/c1-13(4-2-3-4)8-12-14-6(10)5(9)11-7(14)15-8/h4H,2-3H2,1H3. The molecule has 80 valence electrons. The topological polar surface area (TPSA) is 33.4 Å². The number of nitrogens with zero attached hydrogens (tertiary/aromatic N) is 4. The summed E-state index contributed by atoms with van der Waals surface area (Å²) in [7, 11) is 2.09. The Labute approximate surface area is 109 Å². The van der Waals surface area contributed by atoms with Gasteiger partial charge < -0.3 is 4.90 Å². The van der Waals surface area contributed by atoms with Crippen molar-refractivity contribution in [2.75, 3.05) is 11.9 Å². The van der Waals surface area contributed by atoms with Crippen LogP contribution in [0.4, 0.5) is 5.13 Å². The van der Waals surface area contributed by atoms with E-state index < -0.39 is 0 Å². The first-order chi connectivity index (χ1) is 7.16. The van der Waals surface area contributed by atoms with E-state index in [4.69, 9.17) is 11.6 Å². The molecule has 1 saturated carbocycles. The van der Waals surface area contributed by atoms with Crippen LogP contribution in [0.2, 0.25) is 5.15 Å². The highest BCUT2D eigenvalue weighted by Crippen LogP contribution is 2.34. The van der Waals surface area contributed by atoms with Crippen LogP contribution in [0.15, 0.2) is 0 Å². The zero-order valence-corrected chi connectivity index (χ0v) is 11.7. The molecule has 0 unspecified atom stereocenters. The summed E-state index contributed by atoms with van der Waals surface area (Å²) in [6, 6.07) is 0.675. The van der Waals surface area contributed by atoms with E-state index in [0.717, 1.165) is 13.8 Å². The third kappa shape index (κ3) is 1.62. The number of halogens is 2. The lowest BCUT2D eigenvalue weighted by atomic mass is 10.6. The van der Waals surface area contributed by atoms with E-state index in [-0.39, 0.29) is 0 Å². The second kappa shape index (κ2) is 3.46. The second-order valence-electron chi connectivity index (χ2n) is 3.61. The highest BCUT2D eigenvalue weighted by Gasteiger charge is 2.29. The average Bonchev–Trinajstić information content (AvgIpc) is 2.92. The highest BCUT2D eigenvalue weighted by atomic mass is 127. The minimum absolute atomic E-state index is 0.537. The molecule has 2 aromatic heterocycles. The van der Waals surface area contributed by atoms with E-state index in [2.05, 4.69) is 44.6 Å². The van der Waals surface area contributed by atoms with Gasteiger partial charge in [0.1, 0.15) is 3.70 Å². The minimum atomic E-state index is 0.537. The summed E-state index contributed by atoms with van der Waals surface area (Å²) in [4.78, 5) is 7.34. The van der Waals surface area contributed by atoms with Crippen molar-refractivity contribution in [3.63, 3.8) is 0 Å². The van der Waals surface area contributed by atoms with Crippen LogP contribution in [0.25, 0.3) is 4.96 Å². The molecule has 0 aliphatic heterocycles. The number of fused-ring (bicyclic) bond motifs is 1. The van der Waals surface area contributed by atoms with E-state index in [1.54, 1.807) is 11.3 Å². The molecule has 2 heterocycles.